The minimum atomic E-state index is 0.635. The fourth-order valence-electron chi connectivity index (χ4n) is 4.26. The fraction of sp³-hybridized carbons (Fsp3) is 0.0370. The van der Waals surface area contributed by atoms with Gasteiger partial charge in [-0.05, 0) is 54.4 Å². The average Bonchev–Trinajstić information content (AvgIpc) is 3.12. The van der Waals surface area contributed by atoms with Crippen molar-refractivity contribution in [2.45, 2.75) is 6.92 Å². The van der Waals surface area contributed by atoms with Crippen molar-refractivity contribution in [3.63, 3.8) is 0 Å². The Labute approximate surface area is 174 Å². The van der Waals surface area contributed by atoms with Crippen molar-refractivity contribution in [3.05, 3.63) is 102 Å². The number of para-hydroxylation sites is 1. The van der Waals surface area contributed by atoms with E-state index in [2.05, 4.69) is 54.0 Å². The van der Waals surface area contributed by atoms with Gasteiger partial charge in [-0.2, -0.15) is 10.5 Å². The second-order valence-electron chi connectivity index (χ2n) is 7.32. The van der Waals surface area contributed by atoms with Crippen LogP contribution in [0, 0.1) is 29.6 Å². The molecule has 3 heteroatoms. The molecule has 140 valence electrons. The van der Waals surface area contributed by atoms with Gasteiger partial charge in [0.15, 0.2) is 0 Å². The molecule has 0 unspecified atom stereocenters. The molecular weight excluding hydrogens is 366 g/mol. The van der Waals surface area contributed by atoms with Gasteiger partial charge < -0.3 is 4.57 Å². The lowest BCUT2D eigenvalue weighted by Crippen LogP contribution is -2.00. The van der Waals surface area contributed by atoms with E-state index in [0.717, 1.165) is 44.2 Å². The average molecular weight is 383 g/mol. The summed E-state index contributed by atoms with van der Waals surface area (Å²) < 4.78 is 2.20. The molecule has 0 aliphatic heterocycles. The first-order valence-electron chi connectivity index (χ1n) is 9.75. The van der Waals surface area contributed by atoms with Crippen LogP contribution in [-0.4, -0.2) is 4.57 Å². The summed E-state index contributed by atoms with van der Waals surface area (Å²) >= 11 is 0. The first-order chi connectivity index (χ1) is 14.7. The maximum Gasteiger partial charge on any atom is 0.0998 e. The van der Waals surface area contributed by atoms with Crippen LogP contribution in [0.1, 0.15) is 16.7 Å². The summed E-state index contributed by atoms with van der Waals surface area (Å²) in [4.78, 5) is 0. The van der Waals surface area contributed by atoms with Crippen LogP contribution < -0.4 is 0 Å². The van der Waals surface area contributed by atoms with Gasteiger partial charge in [-0.3, -0.25) is 0 Å². The molecule has 0 radical (unpaired) electrons. The van der Waals surface area contributed by atoms with Gasteiger partial charge in [0, 0.05) is 16.3 Å². The van der Waals surface area contributed by atoms with E-state index in [4.69, 9.17) is 0 Å². The van der Waals surface area contributed by atoms with Crippen LogP contribution in [0.4, 0.5) is 0 Å². The summed E-state index contributed by atoms with van der Waals surface area (Å²) in [5.41, 5.74) is 7.38. The van der Waals surface area contributed by atoms with Gasteiger partial charge in [0.1, 0.15) is 0 Å². The number of nitriles is 2. The van der Waals surface area contributed by atoms with Crippen LogP contribution in [0.25, 0.3) is 38.6 Å². The molecule has 1 aromatic heterocycles. The minimum Gasteiger partial charge on any atom is -0.309 e. The van der Waals surface area contributed by atoms with Crippen LogP contribution in [0.5, 0.6) is 0 Å². The highest BCUT2D eigenvalue weighted by Gasteiger charge is 2.18. The molecule has 0 aliphatic carbocycles. The zero-order valence-electron chi connectivity index (χ0n) is 16.4. The van der Waals surface area contributed by atoms with Gasteiger partial charge in [0.05, 0.1) is 40.0 Å². The molecule has 0 fully saturated rings. The number of aryl methyl sites for hydroxylation is 1. The van der Waals surface area contributed by atoms with Crippen molar-refractivity contribution in [1.29, 1.82) is 10.5 Å². The Balaban J connectivity index is 1.97. The molecule has 0 N–H and O–H groups in total. The third kappa shape index (κ3) is 2.58. The summed E-state index contributed by atoms with van der Waals surface area (Å²) in [6.45, 7) is 2.07. The predicted octanol–water partition coefficient (Wildman–Crippen LogP) is 6.50. The molecule has 3 nitrogen and oxygen atoms in total. The summed E-state index contributed by atoms with van der Waals surface area (Å²) in [6, 6.07) is 32.6. The Morgan fingerprint density at radius 2 is 1.47 bits per heavy atom. The molecule has 30 heavy (non-hydrogen) atoms. The number of hydrogen-bond donors (Lipinski definition) is 0. The van der Waals surface area contributed by atoms with Gasteiger partial charge in [-0.1, -0.05) is 48.5 Å². The van der Waals surface area contributed by atoms with Crippen LogP contribution in [0.15, 0.2) is 84.9 Å². The Morgan fingerprint density at radius 3 is 2.27 bits per heavy atom. The van der Waals surface area contributed by atoms with Crippen molar-refractivity contribution < 1.29 is 0 Å². The van der Waals surface area contributed by atoms with E-state index in [9.17, 15) is 10.5 Å². The van der Waals surface area contributed by atoms with Gasteiger partial charge in [-0.15, -0.1) is 0 Å². The fourth-order valence-corrected chi connectivity index (χ4v) is 4.26. The third-order valence-corrected chi connectivity index (χ3v) is 5.62. The monoisotopic (exact) mass is 383 g/mol. The zero-order valence-corrected chi connectivity index (χ0v) is 16.4. The molecule has 0 saturated carbocycles. The Kier molecular flexibility index (Phi) is 4.09. The van der Waals surface area contributed by atoms with E-state index in [1.807, 2.05) is 54.6 Å². The molecule has 0 saturated heterocycles. The van der Waals surface area contributed by atoms with E-state index in [-0.39, 0.29) is 0 Å². The zero-order chi connectivity index (χ0) is 20.7. The highest BCUT2D eigenvalue weighted by Crippen LogP contribution is 2.38. The maximum absolute atomic E-state index is 9.89. The summed E-state index contributed by atoms with van der Waals surface area (Å²) in [5, 5.41) is 21.4. The molecule has 0 spiro atoms. The molecule has 0 bridgehead atoms. The summed E-state index contributed by atoms with van der Waals surface area (Å²) in [5.74, 6) is 0. The lowest BCUT2D eigenvalue weighted by molar-refractivity contribution is 1.18. The first kappa shape index (κ1) is 17.7. The number of benzene rings is 4. The van der Waals surface area contributed by atoms with Gasteiger partial charge >= 0.3 is 0 Å². The molecule has 0 atom stereocenters. The van der Waals surface area contributed by atoms with E-state index < -0.39 is 0 Å². The molecule has 1 heterocycles. The van der Waals surface area contributed by atoms with Gasteiger partial charge in [0.25, 0.3) is 0 Å². The van der Waals surface area contributed by atoms with Crippen LogP contribution in [-0.2, 0) is 0 Å². The molecule has 5 aromatic rings. The number of hydrogen-bond acceptors (Lipinski definition) is 2. The standard InChI is InChI=1S/C27H17N3/c1-18-7-2-3-9-21(18)27-20(17-29)8-6-12-26(27)30-24-11-5-4-10-22(24)23-15-19(16-28)13-14-25(23)30/h2-15H,1H3. The van der Waals surface area contributed by atoms with E-state index in [1.54, 1.807) is 0 Å². The first-order valence-corrected chi connectivity index (χ1v) is 9.75. The van der Waals surface area contributed by atoms with E-state index in [0.29, 0.717) is 11.1 Å². The van der Waals surface area contributed by atoms with Crippen LogP contribution in [0.3, 0.4) is 0 Å². The summed E-state index contributed by atoms with van der Waals surface area (Å²) in [7, 11) is 0. The predicted molar refractivity (Wildman–Crippen MR) is 120 cm³/mol. The van der Waals surface area contributed by atoms with Crippen molar-refractivity contribution in [2.75, 3.05) is 0 Å². The van der Waals surface area contributed by atoms with Crippen molar-refractivity contribution in [3.8, 4) is 29.0 Å². The van der Waals surface area contributed by atoms with E-state index >= 15 is 0 Å². The largest absolute Gasteiger partial charge is 0.309 e. The molecular formula is C27H17N3. The molecule has 0 aliphatic rings. The second kappa shape index (κ2) is 6.92. The van der Waals surface area contributed by atoms with Gasteiger partial charge in [0.2, 0.25) is 0 Å². The molecule has 4 aromatic carbocycles. The molecule has 0 amide bonds. The van der Waals surface area contributed by atoms with Crippen molar-refractivity contribution in [2.24, 2.45) is 0 Å². The van der Waals surface area contributed by atoms with Crippen molar-refractivity contribution >= 4 is 21.8 Å². The SMILES string of the molecule is Cc1ccccc1-c1c(C#N)cccc1-n1c2ccccc2c2cc(C#N)ccc21. The Bertz CT molecular complexity index is 1520. The number of fused-ring (bicyclic) bond motifs is 3. The second-order valence-corrected chi connectivity index (χ2v) is 7.32. The minimum absolute atomic E-state index is 0.635. The highest BCUT2D eigenvalue weighted by molar-refractivity contribution is 6.10. The molecule has 5 rings (SSSR count). The lowest BCUT2D eigenvalue weighted by atomic mass is 9.94. The number of rotatable bonds is 2. The summed E-state index contributed by atoms with van der Waals surface area (Å²) in [6.07, 6.45) is 0. The Hall–Kier alpha value is -4.34. The number of aromatic nitrogens is 1. The normalized spacial score (nSPS) is 10.8. The smallest absolute Gasteiger partial charge is 0.0998 e. The highest BCUT2D eigenvalue weighted by atomic mass is 15.0. The third-order valence-electron chi connectivity index (χ3n) is 5.62. The maximum atomic E-state index is 9.89. The topological polar surface area (TPSA) is 52.5 Å². The van der Waals surface area contributed by atoms with Gasteiger partial charge in [-0.25, -0.2) is 0 Å². The lowest BCUT2D eigenvalue weighted by Gasteiger charge is -2.17. The quantitative estimate of drug-likeness (QED) is 0.349. The number of nitrogens with zero attached hydrogens (tertiary/aromatic N) is 3. The van der Waals surface area contributed by atoms with E-state index in [1.165, 1.54) is 0 Å². The van der Waals surface area contributed by atoms with Crippen LogP contribution in [0.2, 0.25) is 0 Å². The van der Waals surface area contributed by atoms with Crippen molar-refractivity contribution in [1.82, 2.24) is 4.57 Å². The Morgan fingerprint density at radius 1 is 0.700 bits per heavy atom. The van der Waals surface area contributed by atoms with Crippen LogP contribution >= 0.6 is 0 Å².